The molecule has 1 heterocycles. The van der Waals surface area contributed by atoms with Crippen molar-refractivity contribution in [3.05, 3.63) is 53.6 Å². The Balaban J connectivity index is 1.20. The second kappa shape index (κ2) is 11.2. The fraction of sp³-hybridized carbons (Fsp3) is 0.714. The van der Waals surface area contributed by atoms with Crippen LogP contribution < -0.4 is 5.32 Å². The minimum absolute atomic E-state index is 0.00771. The van der Waals surface area contributed by atoms with Gasteiger partial charge < -0.3 is 15.3 Å². The number of carboxylic acid groups (broad SMARTS) is 1. The van der Waals surface area contributed by atoms with Crippen LogP contribution >= 0.6 is 0 Å². The summed E-state index contributed by atoms with van der Waals surface area (Å²) in [5, 5.41) is 13.3. The number of aromatic carboxylic acids is 1. The number of urea groups is 1. The lowest BCUT2D eigenvalue weighted by molar-refractivity contribution is -0.218. The van der Waals surface area contributed by atoms with E-state index in [1.807, 2.05) is 12.1 Å². The van der Waals surface area contributed by atoms with Gasteiger partial charge in [-0.2, -0.15) is 0 Å². The summed E-state index contributed by atoms with van der Waals surface area (Å²) in [5.41, 5.74) is 4.83. The zero-order valence-corrected chi connectivity index (χ0v) is 30.1. The van der Waals surface area contributed by atoms with Gasteiger partial charge in [-0.3, -0.25) is 0 Å². The number of amides is 2. The Kier molecular flexibility index (Phi) is 7.88. The monoisotopic (exact) mass is 640 g/mol. The molecule has 0 radical (unpaired) electrons. The van der Waals surface area contributed by atoms with Crippen LogP contribution in [0.1, 0.15) is 135 Å². The third-order valence-corrected chi connectivity index (χ3v) is 16.1. The van der Waals surface area contributed by atoms with Gasteiger partial charge in [0.15, 0.2) is 0 Å². The number of allylic oxidation sites excluding steroid dienone is 3. The normalized spacial score (nSPS) is 42.2. The summed E-state index contributed by atoms with van der Waals surface area (Å²) in [4.78, 5) is 27.4. The summed E-state index contributed by atoms with van der Waals surface area (Å²) in [6, 6.07) is 7.77. The summed E-state index contributed by atoms with van der Waals surface area (Å²) in [5.74, 6) is 1.92. The molecule has 1 aromatic carbocycles. The molecule has 2 amide bonds. The van der Waals surface area contributed by atoms with Gasteiger partial charge in [-0.1, -0.05) is 65.0 Å². The number of nitrogens with one attached hydrogen (secondary N) is 1. The number of carbonyl (C=O) groups excluding carboxylic acids is 1. The van der Waals surface area contributed by atoms with E-state index in [1.54, 1.807) is 12.1 Å². The molecule has 0 spiro atoms. The van der Waals surface area contributed by atoms with E-state index >= 15 is 0 Å². The summed E-state index contributed by atoms with van der Waals surface area (Å²) in [6.45, 7) is 21.5. The van der Waals surface area contributed by atoms with E-state index < -0.39 is 5.97 Å². The first kappa shape index (κ1) is 33.0. The second-order valence-electron chi connectivity index (χ2n) is 18.2. The molecule has 1 saturated heterocycles. The van der Waals surface area contributed by atoms with E-state index in [-0.39, 0.29) is 33.2 Å². The molecule has 5 heteroatoms. The van der Waals surface area contributed by atoms with Gasteiger partial charge in [0.1, 0.15) is 0 Å². The summed E-state index contributed by atoms with van der Waals surface area (Å²) >= 11 is 0. The van der Waals surface area contributed by atoms with Crippen LogP contribution in [0, 0.1) is 51.2 Å². The van der Waals surface area contributed by atoms with E-state index in [0.29, 0.717) is 35.2 Å². The van der Waals surface area contributed by atoms with Crippen LogP contribution in [0.3, 0.4) is 0 Å². The average molecular weight is 641 g/mol. The maximum Gasteiger partial charge on any atom is 0.335 e. The lowest BCUT2D eigenvalue weighted by Crippen LogP contribution is -2.69. The Labute approximate surface area is 284 Å². The molecule has 47 heavy (non-hydrogen) atoms. The molecule has 2 N–H and O–H groups in total. The number of likely N-dealkylation sites (tertiary alicyclic amines) is 1. The Bertz CT molecular complexity index is 1470. The third-order valence-electron chi connectivity index (χ3n) is 16.1. The third kappa shape index (κ3) is 4.74. The number of fused-ring (bicyclic) bond motifs is 7. The van der Waals surface area contributed by atoms with Crippen LogP contribution in [0.25, 0.3) is 5.57 Å². The van der Waals surface area contributed by atoms with Crippen molar-refractivity contribution in [2.45, 2.75) is 124 Å². The summed E-state index contributed by atoms with van der Waals surface area (Å²) in [7, 11) is 0. The van der Waals surface area contributed by atoms with E-state index in [1.165, 1.54) is 55.2 Å². The van der Waals surface area contributed by atoms with Crippen molar-refractivity contribution in [1.82, 2.24) is 10.2 Å². The quantitative estimate of drug-likeness (QED) is 0.322. The molecule has 0 unspecified atom stereocenters. The lowest BCUT2D eigenvalue weighted by Gasteiger charge is -2.72. The molecule has 5 nitrogen and oxygen atoms in total. The van der Waals surface area contributed by atoms with Gasteiger partial charge in [0, 0.05) is 18.6 Å². The molecule has 1 aliphatic heterocycles. The fourth-order valence-corrected chi connectivity index (χ4v) is 13.6. The molecule has 0 aromatic heterocycles. The first-order valence-corrected chi connectivity index (χ1v) is 18.9. The Morgan fingerprint density at radius 2 is 1.55 bits per heavy atom. The molecule has 5 aliphatic carbocycles. The Morgan fingerprint density at radius 1 is 0.851 bits per heavy atom. The number of hydrogen-bond donors (Lipinski definition) is 2. The lowest BCUT2D eigenvalue weighted by atomic mass is 9.33. The van der Waals surface area contributed by atoms with Gasteiger partial charge in [0.05, 0.1) is 5.56 Å². The number of carbonyl (C=O) groups is 2. The van der Waals surface area contributed by atoms with E-state index in [9.17, 15) is 14.7 Å². The summed E-state index contributed by atoms with van der Waals surface area (Å²) < 4.78 is 0. The Morgan fingerprint density at radius 3 is 2.21 bits per heavy atom. The molecule has 6 aliphatic rings. The topological polar surface area (TPSA) is 69.6 Å². The minimum Gasteiger partial charge on any atom is -0.478 e. The predicted molar refractivity (Wildman–Crippen MR) is 190 cm³/mol. The molecule has 0 bridgehead atoms. The fourth-order valence-electron chi connectivity index (χ4n) is 13.6. The van der Waals surface area contributed by atoms with Crippen molar-refractivity contribution < 1.29 is 14.7 Å². The highest BCUT2D eigenvalue weighted by Gasteiger charge is 2.70. The van der Waals surface area contributed by atoms with E-state index in [0.717, 1.165) is 51.6 Å². The van der Waals surface area contributed by atoms with Gasteiger partial charge in [0.2, 0.25) is 0 Å². The van der Waals surface area contributed by atoms with Gasteiger partial charge >= 0.3 is 12.0 Å². The van der Waals surface area contributed by atoms with Crippen molar-refractivity contribution in [3.63, 3.8) is 0 Å². The number of hydrogen-bond acceptors (Lipinski definition) is 2. The highest BCUT2D eigenvalue weighted by atomic mass is 16.4. The average Bonchev–Trinajstić information content (AvgIpc) is 3.41. The molecule has 9 atom stereocenters. The molecule has 256 valence electrons. The number of benzene rings is 1. The number of nitrogens with zero attached hydrogens (tertiary/aromatic N) is 1. The summed E-state index contributed by atoms with van der Waals surface area (Å²) in [6.07, 6.45) is 16.7. The maximum atomic E-state index is 13.8. The number of carboxylic acids is 1. The number of piperidine rings is 1. The smallest absolute Gasteiger partial charge is 0.335 e. The van der Waals surface area contributed by atoms with Crippen molar-refractivity contribution in [2.24, 2.45) is 51.2 Å². The van der Waals surface area contributed by atoms with Crippen molar-refractivity contribution in [3.8, 4) is 0 Å². The maximum absolute atomic E-state index is 13.8. The predicted octanol–water partition coefficient (Wildman–Crippen LogP) is 9.98. The van der Waals surface area contributed by atoms with E-state index in [4.69, 9.17) is 0 Å². The molecule has 5 fully saturated rings. The molecular weight excluding hydrogens is 580 g/mol. The van der Waals surface area contributed by atoms with E-state index in [2.05, 4.69) is 64.4 Å². The van der Waals surface area contributed by atoms with Crippen LogP contribution in [-0.4, -0.2) is 40.6 Å². The standard InChI is InChI=1S/C42H60N2O3/c1-27(2)30-17-22-42(43-37(47)44-25-9-8-10-26-44)24-23-40(6)32(35(30)42)15-16-34-39(5)20-18-31(28-11-13-29(14-12-28)36(45)46)38(3,4)33(39)19-21-41(34,40)7/h11-14,18,30,32-35H,1,8-10,15-17,19-26H2,2-7H3,(H,43,47)(H,45,46)/t30-,32+,33-,34+,35+,39-,40+,41+,42-/m0/s1. The molecular formula is C42H60N2O3. The van der Waals surface area contributed by atoms with Gasteiger partial charge in [0.25, 0.3) is 0 Å². The second-order valence-corrected chi connectivity index (χ2v) is 18.2. The highest BCUT2D eigenvalue weighted by molar-refractivity contribution is 5.88. The van der Waals surface area contributed by atoms with Crippen molar-refractivity contribution in [1.29, 1.82) is 0 Å². The Hall–Kier alpha value is -2.56. The van der Waals surface area contributed by atoms with Crippen molar-refractivity contribution in [2.75, 3.05) is 13.1 Å². The molecule has 4 saturated carbocycles. The van der Waals surface area contributed by atoms with Gasteiger partial charge in [-0.05, 0) is 158 Å². The minimum atomic E-state index is -0.867. The first-order valence-electron chi connectivity index (χ1n) is 18.9. The van der Waals surface area contributed by atoms with Gasteiger partial charge in [-0.15, -0.1) is 0 Å². The van der Waals surface area contributed by atoms with Crippen LogP contribution in [0.15, 0.2) is 42.5 Å². The largest absolute Gasteiger partial charge is 0.478 e. The molecule has 7 rings (SSSR count). The zero-order chi connectivity index (χ0) is 33.6. The van der Waals surface area contributed by atoms with Crippen LogP contribution in [0.2, 0.25) is 0 Å². The van der Waals surface area contributed by atoms with Crippen molar-refractivity contribution >= 4 is 17.6 Å². The zero-order valence-electron chi connectivity index (χ0n) is 30.1. The van der Waals surface area contributed by atoms with Crippen LogP contribution in [-0.2, 0) is 0 Å². The number of rotatable bonds is 4. The van der Waals surface area contributed by atoms with Gasteiger partial charge in [-0.25, -0.2) is 9.59 Å². The first-order chi connectivity index (χ1) is 22.2. The van der Waals surface area contributed by atoms with Crippen LogP contribution in [0.4, 0.5) is 4.79 Å². The highest BCUT2D eigenvalue weighted by Crippen LogP contribution is 2.76. The van der Waals surface area contributed by atoms with Crippen LogP contribution in [0.5, 0.6) is 0 Å². The SMILES string of the molecule is C=C(C)[C@@H]1CC[C@]2(NC(=O)N3CCCCC3)CC[C@]3(C)[C@H](CC[C@@H]4[C@@]5(C)CC=C(c6ccc(C(=O)O)cc6)C(C)(C)[C@@H]5CC[C@]43C)[C@@H]12. The molecule has 1 aromatic rings.